The molecule has 0 unspecified atom stereocenters. The Morgan fingerprint density at radius 1 is 1.12 bits per heavy atom. The molecule has 0 bridgehead atoms. The molecule has 0 radical (unpaired) electrons. The summed E-state index contributed by atoms with van der Waals surface area (Å²) in [5.74, 6) is 1.28. The summed E-state index contributed by atoms with van der Waals surface area (Å²) >= 11 is 6.02. The van der Waals surface area contributed by atoms with Crippen LogP contribution in [0.3, 0.4) is 0 Å². The van der Waals surface area contributed by atoms with Gasteiger partial charge in [-0.25, -0.2) is 4.98 Å². The summed E-state index contributed by atoms with van der Waals surface area (Å²) in [7, 11) is 1.96. The Balaban J connectivity index is 1.62. The molecule has 0 aliphatic rings. The van der Waals surface area contributed by atoms with Crippen LogP contribution in [0.1, 0.15) is 5.69 Å². The van der Waals surface area contributed by atoms with Crippen molar-refractivity contribution < 1.29 is 0 Å². The molecule has 0 aliphatic carbocycles. The highest BCUT2D eigenvalue weighted by Gasteiger charge is 2.10. The van der Waals surface area contributed by atoms with Crippen molar-refractivity contribution >= 4 is 45.6 Å². The molecule has 0 saturated carbocycles. The van der Waals surface area contributed by atoms with Crippen molar-refractivity contribution in [3.63, 3.8) is 0 Å². The number of H-pyrrole nitrogens is 1. The Morgan fingerprint density at radius 3 is 2.85 bits per heavy atom. The molecule has 0 saturated heterocycles. The number of halogens is 1. The van der Waals surface area contributed by atoms with E-state index < -0.39 is 0 Å². The zero-order valence-electron chi connectivity index (χ0n) is 14.4. The number of aromatic amines is 1. The van der Waals surface area contributed by atoms with Crippen molar-refractivity contribution in [2.24, 2.45) is 0 Å². The number of aryl methyl sites for hydroxylation is 1. The number of nitrogens with one attached hydrogen (secondary N) is 2. The first-order valence-electron chi connectivity index (χ1n) is 8.14. The molecule has 2 aromatic carbocycles. The predicted octanol–water partition coefficient (Wildman–Crippen LogP) is 4.83. The second kappa shape index (κ2) is 6.65. The maximum absolute atomic E-state index is 6.02. The van der Waals surface area contributed by atoms with Gasteiger partial charge in [0.15, 0.2) is 0 Å². The van der Waals surface area contributed by atoms with Gasteiger partial charge < -0.3 is 10.2 Å². The van der Waals surface area contributed by atoms with Gasteiger partial charge >= 0.3 is 0 Å². The van der Waals surface area contributed by atoms with E-state index in [1.54, 1.807) is 6.20 Å². The molecule has 0 spiro atoms. The normalized spacial score (nSPS) is 10.9. The number of anilines is 4. The molecule has 2 N–H and O–H groups in total. The lowest BCUT2D eigenvalue weighted by molar-refractivity contribution is 1.07. The van der Waals surface area contributed by atoms with Crippen LogP contribution in [0.4, 0.5) is 23.1 Å². The van der Waals surface area contributed by atoms with Crippen molar-refractivity contribution in [1.29, 1.82) is 0 Å². The van der Waals surface area contributed by atoms with E-state index in [2.05, 4.69) is 37.6 Å². The fraction of sp³-hybridized carbons (Fsp3) is 0.105. The molecule has 4 aromatic rings. The maximum Gasteiger partial charge on any atom is 0.229 e. The molecular formula is C19H17ClN6. The Bertz CT molecular complexity index is 1070. The fourth-order valence-electron chi connectivity index (χ4n) is 2.77. The highest BCUT2D eigenvalue weighted by Crippen LogP contribution is 2.27. The van der Waals surface area contributed by atoms with E-state index >= 15 is 0 Å². The fourth-order valence-corrected chi connectivity index (χ4v) is 2.96. The highest BCUT2D eigenvalue weighted by atomic mass is 35.5. The topological polar surface area (TPSA) is 69.7 Å². The standard InChI is InChI=1S/C19H17ClN6/c1-12-16-7-6-15(11-17(16)25-24-12)26(2)18-8-9-21-19(23-18)22-14-5-3-4-13(20)10-14/h3-11H,1-2H3,(H,24,25)(H,21,22,23). The average molecular weight is 365 g/mol. The van der Waals surface area contributed by atoms with Gasteiger partial charge in [-0.15, -0.1) is 0 Å². The summed E-state index contributed by atoms with van der Waals surface area (Å²) < 4.78 is 0. The van der Waals surface area contributed by atoms with Crippen LogP contribution in [0.2, 0.25) is 5.02 Å². The lowest BCUT2D eigenvalue weighted by Gasteiger charge is -2.19. The van der Waals surface area contributed by atoms with Crippen LogP contribution in [-0.4, -0.2) is 27.2 Å². The first-order valence-corrected chi connectivity index (χ1v) is 8.52. The Hall–Kier alpha value is -3.12. The van der Waals surface area contributed by atoms with Crippen LogP contribution in [0.5, 0.6) is 0 Å². The molecule has 6 nitrogen and oxygen atoms in total. The zero-order valence-corrected chi connectivity index (χ0v) is 15.1. The van der Waals surface area contributed by atoms with Crippen LogP contribution in [0.25, 0.3) is 10.9 Å². The molecule has 2 heterocycles. The van der Waals surface area contributed by atoms with Crippen molar-refractivity contribution in [2.45, 2.75) is 6.92 Å². The third-order valence-electron chi connectivity index (χ3n) is 4.18. The summed E-state index contributed by atoms with van der Waals surface area (Å²) in [6.45, 7) is 2.01. The van der Waals surface area contributed by atoms with Crippen LogP contribution >= 0.6 is 11.6 Å². The van der Waals surface area contributed by atoms with E-state index in [-0.39, 0.29) is 0 Å². The Kier molecular flexibility index (Phi) is 4.18. The Morgan fingerprint density at radius 2 is 2.00 bits per heavy atom. The SMILES string of the molecule is Cc1[nH]nc2cc(N(C)c3ccnc(Nc4cccc(Cl)c4)n3)ccc12. The molecule has 0 atom stereocenters. The summed E-state index contributed by atoms with van der Waals surface area (Å²) in [6.07, 6.45) is 1.73. The highest BCUT2D eigenvalue weighted by molar-refractivity contribution is 6.30. The van der Waals surface area contributed by atoms with Gasteiger partial charge in [0.05, 0.1) is 5.52 Å². The van der Waals surface area contributed by atoms with Gasteiger partial charge in [0.1, 0.15) is 5.82 Å². The number of hydrogen-bond acceptors (Lipinski definition) is 5. The van der Waals surface area contributed by atoms with Gasteiger partial charge in [0, 0.05) is 40.7 Å². The van der Waals surface area contributed by atoms with Crippen molar-refractivity contribution in [1.82, 2.24) is 20.2 Å². The van der Waals surface area contributed by atoms with Crippen LogP contribution in [0.15, 0.2) is 54.7 Å². The van der Waals surface area contributed by atoms with Gasteiger partial charge in [-0.2, -0.15) is 10.1 Å². The minimum Gasteiger partial charge on any atom is -0.329 e. The largest absolute Gasteiger partial charge is 0.329 e. The monoisotopic (exact) mass is 364 g/mol. The van der Waals surface area contributed by atoms with Crippen LogP contribution in [-0.2, 0) is 0 Å². The van der Waals surface area contributed by atoms with Crippen molar-refractivity contribution in [2.75, 3.05) is 17.3 Å². The molecule has 26 heavy (non-hydrogen) atoms. The second-order valence-corrected chi connectivity index (χ2v) is 6.42. The summed E-state index contributed by atoms with van der Waals surface area (Å²) in [5, 5.41) is 12.3. The van der Waals surface area contributed by atoms with Crippen molar-refractivity contribution in [3.8, 4) is 0 Å². The predicted molar refractivity (Wildman–Crippen MR) is 106 cm³/mol. The number of benzene rings is 2. The second-order valence-electron chi connectivity index (χ2n) is 5.98. The maximum atomic E-state index is 6.02. The summed E-state index contributed by atoms with van der Waals surface area (Å²) in [6, 6.07) is 15.5. The summed E-state index contributed by atoms with van der Waals surface area (Å²) in [4.78, 5) is 10.9. The van der Waals surface area contributed by atoms with Gasteiger partial charge in [0.2, 0.25) is 5.95 Å². The van der Waals surface area contributed by atoms with E-state index in [0.717, 1.165) is 33.8 Å². The quantitative estimate of drug-likeness (QED) is 0.543. The van der Waals surface area contributed by atoms with Gasteiger partial charge in [0.25, 0.3) is 0 Å². The minimum atomic E-state index is 0.508. The van der Waals surface area contributed by atoms with E-state index in [1.807, 2.05) is 55.3 Å². The zero-order chi connectivity index (χ0) is 18.1. The van der Waals surface area contributed by atoms with Gasteiger partial charge in [-0.05, 0) is 49.4 Å². The lowest BCUT2D eigenvalue weighted by atomic mass is 10.2. The molecular weight excluding hydrogens is 348 g/mol. The molecule has 0 amide bonds. The van der Waals surface area contributed by atoms with E-state index in [4.69, 9.17) is 11.6 Å². The number of fused-ring (bicyclic) bond motifs is 1. The minimum absolute atomic E-state index is 0.508. The number of hydrogen-bond donors (Lipinski definition) is 2. The molecule has 0 aliphatic heterocycles. The Labute approximate surface area is 155 Å². The van der Waals surface area contributed by atoms with E-state index in [9.17, 15) is 0 Å². The van der Waals surface area contributed by atoms with E-state index in [0.29, 0.717) is 11.0 Å². The average Bonchev–Trinajstić information content (AvgIpc) is 3.02. The molecule has 7 heteroatoms. The molecule has 130 valence electrons. The van der Waals surface area contributed by atoms with E-state index in [1.165, 1.54) is 0 Å². The van der Waals surface area contributed by atoms with Gasteiger partial charge in [-0.1, -0.05) is 17.7 Å². The summed E-state index contributed by atoms with van der Waals surface area (Å²) in [5.41, 5.74) is 3.82. The lowest BCUT2D eigenvalue weighted by Crippen LogP contribution is -2.12. The molecule has 0 fully saturated rings. The van der Waals surface area contributed by atoms with Crippen LogP contribution < -0.4 is 10.2 Å². The van der Waals surface area contributed by atoms with Crippen molar-refractivity contribution in [3.05, 3.63) is 65.4 Å². The van der Waals surface area contributed by atoms with Crippen LogP contribution in [0, 0.1) is 6.92 Å². The molecule has 2 aromatic heterocycles. The number of rotatable bonds is 4. The number of nitrogens with zero attached hydrogens (tertiary/aromatic N) is 4. The first kappa shape index (κ1) is 16.4. The first-order chi connectivity index (χ1) is 12.6. The number of aromatic nitrogens is 4. The third kappa shape index (κ3) is 3.19. The smallest absolute Gasteiger partial charge is 0.229 e. The third-order valence-corrected chi connectivity index (χ3v) is 4.42. The molecule has 4 rings (SSSR count). The van der Waals surface area contributed by atoms with Gasteiger partial charge in [-0.3, -0.25) is 5.10 Å².